The van der Waals surface area contributed by atoms with Crippen LogP contribution in [-0.4, -0.2) is 22.5 Å². The van der Waals surface area contributed by atoms with E-state index < -0.39 is 5.97 Å². The van der Waals surface area contributed by atoms with Crippen LogP contribution >= 0.6 is 11.3 Å². The molecular weight excluding hydrogens is 264 g/mol. The van der Waals surface area contributed by atoms with Crippen LogP contribution in [0, 0.1) is 6.92 Å². The van der Waals surface area contributed by atoms with Gasteiger partial charge in [-0.15, -0.1) is 11.3 Å². The number of esters is 1. The fourth-order valence-corrected chi connectivity index (χ4v) is 2.16. The van der Waals surface area contributed by atoms with Gasteiger partial charge in [-0.25, -0.2) is 14.8 Å². The maximum Gasteiger partial charge on any atom is 0.340 e. The van der Waals surface area contributed by atoms with Crippen molar-refractivity contribution in [2.75, 3.05) is 17.7 Å². The molecule has 6 nitrogen and oxygen atoms in total. The van der Waals surface area contributed by atoms with Crippen molar-refractivity contribution in [1.29, 1.82) is 0 Å². The van der Waals surface area contributed by atoms with Crippen LogP contribution < -0.4 is 11.1 Å². The minimum atomic E-state index is -0.458. The summed E-state index contributed by atoms with van der Waals surface area (Å²) in [4.78, 5) is 20.1. The maximum atomic E-state index is 11.7. The number of aryl methyl sites for hydroxylation is 1. The van der Waals surface area contributed by atoms with E-state index in [2.05, 4.69) is 15.3 Å². The zero-order valence-corrected chi connectivity index (χ0v) is 11.5. The van der Waals surface area contributed by atoms with Gasteiger partial charge in [0.1, 0.15) is 0 Å². The van der Waals surface area contributed by atoms with Gasteiger partial charge in [0.25, 0.3) is 0 Å². The van der Waals surface area contributed by atoms with Crippen molar-refractivity contribution in [2.45, 2.75) is 13.8 Å². The average molecular weight is 278 g/mol. The van der Waals surface area contributed by atoms with Crippen LogP contribution in [0.1, 0.15) is 23.0 Å². The molecule has 7 heteroatoms. The van der Waals surface area contributed by atoms with E-state index in [1.807, 2.05) is 12.3 Å². The van der Waals surface area contributed by atoms with E-state index in [-0.39, 0.29) is 5.69 Å². The number of carbonyl (C=O) groups excluding carboxylic acids is 1. The molecule has 0 unspecified atom stereocenters. The van der Waals surface area contributed by atoms with Gasteiger partial charge in [-0.3, -0.25) is 0 Å². The average Bonchev–Trinajstić information content (AvgIpc) is 2.78. The minimum Gasteiger partial charge on any atom is -0.462 e. The Bertz CT molecular complexity index is 597. The highest BCUT2D eigenvalue weighted by molar-refractivity contribution is 7.13. The van der Waals surface area contributed by atoms with E-state index in [0.29, 0.717) is 23.1 Å². The Morgan fingerprint density at radius 3 is 3.00 bits per heavy atom. The lowest BCUT2D eigenvalue weighted by atomic mass is 10.2. The quantitative estimate of drug-likeness (QED) is 0.834. The van der Waals surface area contributed by atoms with Gasteiger partial charge in [0, 0.05) is 11.6 Å². The van der Waals surface area contributed by atoms with Crippen LogP contribution in [0.4, 0.5) is 16.6 Å². The van der Waals surface area contributed by atoms with Crippen LogP contribution in [0.2, 0.25) is 0 Å². The van der Waals surface area contributed by atoms with Crippen molar-refractivity contribution in [3.8, 4) is 0 Å². The highest BCUT2D eigenvalue weighted by atomic mass is 32.1. The first-order valence-corrected chi connectivity index (χ1v) is 6.60. The largest absolute Gasteiger partial charge is 0.462 e. The maximum absolute atomic E-state index is 11.7. The molecule has 0 bridgehead atoms. The van der Waals surface area contributed by atoms with Crippen LogP contribution in [0.25, 0.3) is 0 Å². The minimum absolute atomic E-state index is 0.258. The molecule has 0 atom stereocenters. The molecule has 3 N–H and O–H groups in total. The molecule has 2 aromatic rings. The third-order valence-electron chi connectivity index (χ3n) is 2.33. The topological polar surface area (TPSA) is 90.1 Å². The van der Waals surface area contributed by atoms with E-state index in [1.54, 1.807) is 6.92 Å². The van der Waals surface area contributed by atoms with Gasteiger partial charge in [0.05, 0.1) is 23.6 Å². The number of pyridine rings is 1. The molecule has 100 valence electrons. The summed E-state index contributed by atoms with van der Waals surface area (Å²) in [7, 11) is 0. The van der Waals surface area contributed by atoms with E-state index in [4.69, 9.17) is 10.5 Å². The lowest BCUT2D eigenvalue weighted by Crippen LogP contribution is -2.10. The Morgan fingerprint density at radius 2 is 2.37 bits per heavy atom. The highest BCUT2D eigenvalue weighted by Crippen LogP contribution is 2.26. The number of nitrogens with two attached hydrogens (primary N) is 1. The van der Waals surface area contributed by atoms with Crippen molar-refractivity contribution in [2.24, 2.45) is 0 Å². The van der Waals surface area contributed by atoms with Gasteiger partial charge in [0.15, 0.2) is 10.9 Å². The fraction of sp³-hybridized carbons (Fsp3) is 0.250. The smallest absolute Gasteiger partial charge is 0.340 e. The molecular formula is C12H14N4O2S. The third-order valence-corrected chi connectivity index (χ3v) is 3.21. The molecule has 0 saturated carbocycles. The van der Waals surface area contributed by atoms with Gasteiger partial charge in [-0.05, 0) is 19.9 Å². The number of hydrogen-bond acceptors (Lipinski definition) is 7. The number of nitrogen functional groups attached to an aromatic ring is 1. The number of nitrogens with zero attached hydrogens (tertiary/aromatic N) is 2. The standard InChI is InChI=1S/C12H14N4O2S/c1-3-18-11(17)8-4-5-14-10(9(8)13)16-12-15-7(2)6-19-12/h4-6H,3,13H2,1-2H3,(H,14,15,16). The second-order valence-corrected chi connectivity index (χ2v) is 4.62. The molecule has 19 heavy (non-hydrogen) atoms. The normalized spacial score (nSPS) is 10.2. The summed E-state index contributed by atoms with van der Waals surface area (Å²) >= 11 is 1.44. The summed E-state index contributed by atoms with van der Waals surface area (Å²) < 4.78 is 4.93. The molecule has 0 aromatic carbocycles. The molecule has 0 amide bonds. The van der Waals surface area contributed by atoms with Crippen molar-refractivity contribution in [3.63, 3.8) is 0 Å². The molecule has 0 radical (unpaired) electrons. The zero-order valence-electron chi connectivity index (χ0n) is 10.6. The second-order valence-electron chi connectivity index (χ2n) is 3.76. The van der Waals surface area contributed by atoms with Crippen molar-refractivity contribution < 1.29 is 9.53 Å². The van der Waals surface area contributed by atoms with Gasteiger partial charge in [-0.1, -0.05) is 0 Å². The number of ether oxygens (including phenoxy) is 1. The second kappa shape index (κ2) is 5.66. The van der Waals surface area contributed by atoms with E-state index in [1.165, 1.54) is 23.6 Å². The number of rotatable bonds is 4. The molecule has 0 aliphatic heterocycles. The Morgan fingerprint density at radius 1 is 1.58 bits per heavy atom. The lowest BCUT2D eigenvalue weighted by Gasteiger charge is -2.09. The summed E-state index contributed by atoms with van der Waals surface area (Å²) in [6, 6.07) is 1.53. The number of carbonyl (C=O) groups is 1. The van der Waals surface area contributed by atoms with Gasteiger partial charge >= 0.3 is 5.97 Å². The number of hydrogen-bond donors (Lipinski definition) is 2. The number of anilines is 3. The molecule has 2 aromatic heterocycles. The zero-order chi connectivity index (χ0) is 13.8. The lowest BCUT2D eigenvalue weighted by molar-refractivity contribution is 0.0527. The first-order valence-electron chi connectivity index (χ1n) is 5.72. The number of aromatic nitrogens is 2. The molecule has 0 fully saturated rings. The van der Waals surface area contributed by atoms with Crippen LogP contribution in [0.15, 0.2) is 17.6 Å². The first kappa shape index (κ1) is 13.3. The summed E-state index contributed by atoms with van der Waals surface area (Å²) in [6.45, 7) is 3.94. The number of nitrogens with one attached hydrogen (secondary N) is 1. The van der Waals surface area contributed by atoms with E-state index in [0.717, 1.165) is 5.69 Å². The molecule has 0 aliphatic rings. The molecule has 0 spiro atoms. The molecule has 2 rings (SSSR count). The Balaban J connectivity index is 2.27. The summed E-state index contributed by atoms with van der Waals surface area (Å²) in [5.74, 6) is -0.0549. The van der Waals surface area contributed by atoms with Gasteiger partial charge in [0.2, 0.25) is 0 Å². The van der Waals surface area contributed by atoms with Crippen molar-refractivity contribution in [3.05, 3.63) is 28.9 Å². The number of thiazole rings is 1. The van der Waals surface area contributed by atoms with Gasteiger partial charge in [-0.2, -0.15) is 0 Å². The summed E-state index contributed by atoms with van der Waals surface area (Å²) in [5.41, 5.74) is 7.39. The summed E-state index contributed by atoms with van der Waals surface area (Å²) in [5, 5.41) is 5.58. The predicted molar refractivity (Wildman–Crippen MR) is 74.7 cm³/mol. The van der Waals surface area contributed by atoms with Crippen molar-refractivity contribution in [1.82, 2.24) is 9.97 Å². The van der Waals surface area contributed by atoms with Crippen molar-refractivity contribution >= 4 is 33.9 Å². The monoisotopic (exact) mass is 278 g/mol. The van der Waals surface area contributed by atoms with Gasteiger partial charge < -0.3 is 15.8 Å². The Labute approximate surface area is 114 Å². The van der Waals surface area contributed by atoms with E-state index >= 15 is 0 Å². The molecule has 0 aliphatic carbocycles. The van der Waals surface area contributed by atoms with Crippen LogP contribution in [0.5, 0.6) is 0 Å². The first-order chi connectivity index (χ1) is 9.11. The SMILES string of the molecule is CCOC(=O)c1ccnc(Nc2nc(C)cs2)c1N. The van der Waals surface area contributed by atoms with E-state index in [9.17, 15) is 4.79 Å². The summed E-state index contributed by atoms with van der Waals surface area (Å²) in [6.07, 6.45) is 1.51. The highest BCUT2D eigenvalue weighted by Gasteiger charge is 2.15. The predicted octanol–water partition coefficient (Wildman–Crippen LogP) is 2.35. The fourth-order valence-electron chi connectivity index (χ4n) is 1.47. The third kappa shape index (κ3) is 3.00. The van der Waals surface area contributed by atoms with Crippen LogP contribution in [-0.2, 0) is 4.74 Å². The Kier molecular flexibility index (Phi) is 3.96. The molecule has 0 saturated heterocycles. The Hall–Kier alpha value is -2.15. The molecule has 2 heterocycles. The van der Waals surface area contributed by atoms with Crippen LogP contribution in [0.3, 0.4) is 0 Å².